The number of carbonyl (C=O) groups is 1. The van der Waals surface area contributed by atoms with Crippen LogP contribution in [0.5, 0.6) is 0 Å². The van der Waals surface area contributed by atoms with Crippen LogP contribution in [-0.4, -0.2) is 20.9 Å². The molecule has 0 aliphatic rings. The van der Waals surface area contributed by atoms with Gasteiger partial charge in [-0.15, -0.1) is 0 Å². The Morgan fingerprint density at radius 3 is 2.56 bits per heavy atom. The summed E-state index contributed by atoms with van der Waals surface area (Å²) in [5.74, 6) is -0.0103. The van der Waals surface area contributed by atoms with Gasteiger partial charge in [0.25, 0.3) is 5.91 Å². The molecule has 0 atom stereocenters. The van der Waals surface area contributed by atoms with Gasteiger partial charge >= 0.3 is 0 Å². The molecule has 2 aromatic heterocycles. The summed E-state index contributed by atoms with van der Waals surface area (Å²) in [6, 6.07) is 8.08. The lowest BCUT2D eigenvalue weighted by Crippen LogP contribution is -2.26. The highest BCUT2D eigenvalue weighted by atomic mass is 16.3. The first-order valence-electron chi connectivity index (χ1n) is 7.98. The van der Waals surface area contributed by atoms with Crippen LogP contribution in [0, 0.1) is 6.92 Å². The highest BCUT2D eigenvalue weighted by Crippen LogP contribution is 2.20. The number of nitrogen functional groups attached to an aromatic ring is 1. The number of carbonyl (C=O) groups excluding carboxylic acids is 1. The number of hydrogen-bond donors (Lipinski definition) is 2. The predicted octanol–water partition coefficient (Wildman–Crippen LogP) is 2.51. The fourth-order valence-electron chi connectivity index (χ4n) is 2.40. The molecule has 7 nitrogen and oxygen atoms in total. The Morgan fingerprint density at radius 1 is 1.20 bits per heavy atom. The third-order valence-corrected chi connectivity index (χ3v) is 3.83. The van der Waals surface area contributed by atoms with Crippen LogP contribution < -0.4 is 11.1 Å². The van der Waals surface area contributed by atoms with Crippen LogP contribution in [0.4, 0.5) is 5.82 Å². The topological polar surface area (TPSA) is 107 Å². The molecule has 1 amide bonds. The lowest BCUT2D eigenvalue weighted by molar-refractivity contribution is 0.0946. The average Bonchev–Trinajstić information content (AvgIpc) is 3.16. The van der Waals surface area contributed by atoms with Crippen LogP contribution in [0.15, 0.2) is 41.1 Å². The maximum atomic E-state index is 12.4. The number of nitrogens with zero attached hydrogens (tertiary/aromatic N) is 3. The fourth-order valence-corrected chi connectivity index (χ4v) is 2.40. The molecule has 0 unspecified atom stereocenters. The molecule has 2 heterocycles. The normalized spacial score (nSPS) is 10.6. The van der Waals surface area contributed by atoms with Crippen LogP contribution in [0.25, 0.3) is 11.6 Å². The van der Waals surface area contributed by atoms with Crippen LogP contribution in [0.1, 0.15) is 34.2 Å². The Hall–Kier alpha value is -3.22. The first-order valence-corrected chi connectivity index (χ1v) is 7.98. The van der Waals surface area contributed by atoms with Gasteiger partial charge in [-0.05, 0) is 24.5 Å². The van der Waals surface area contributed by atoms with E-state index in [4.69, 9.17) is 10.2 Å². The zero-order chi connectivity index (χ0) is 17.8. The Kier molecular flexibility index (Phi) is 4.74. The average molecular weight is 337 g/mol. The number of nitrogens with one attached hydrogen (secondary N) is 1. The maximum absolute atomic E-state index is 12.4. The SMILES string of the molecule is CCc1ccc(CNC(=O)c2nc(C)c(-c3ncco3)nc2N)cc1. The van der Waals surface area contributed by atoms with Gasteiger partial charge in [0.2, 0.25) is 5.89 Å². The fraction of sp³-hybridized carbons (Fsp3) is 0.222. The zero-order valence-corrected chi connectivity index (χ0v) is 14.1. The van der Waals surface area contributed by atoms with Crippen molar-refractivity contribution in [2.75, 3.05) is 5.73 Å². The van der Waals surface area contributed by atoms with Gasteiger partial charge in [-0.25, -0.2) is 15.0 Å². The van der Waals surface area contributed by atoms with Crippen molar-refractivity contribution in [3.05, 3.63) is 59.2 Å². The Morgan fingerprint density at radius 2 is 1.92 bits per heavy atom. The predicted molar refractivity (Wildman–Crippen MR) is 93.7 cm³/mol. The molecule has 3 aromatic rings. The number of aryl methyl sites for hydroxylation is 2. The van der Waals surface area contributed by atoms with E-state index in [9.17, 15) is 4.79 Å². The van der Waals surface area contributed by atoms with Gasteiger partial charge in [-0.1, -0.05) is 31.2 Å². The minimum absolute atomic E-state index is 0.0395. The second-order valence-corrected chi connectivity index (χ2v) is 5.58. The Bertz CT molecular complexity index is 873. The highest BCUT2D eigenvalue weighted by Gasteiger charge is 2.18. The van der Waals surface area contributed by atoms with Crippen LogP contribution >= 0.6 is 0 Å². The number of amides is 1. The third-order valence-electron chi connectivity index (χ3n) is 3.83. The van der Waals surface area contributed by atoms with Gasteiger partial charge in [0.1, 0.15) is 12.0 Å². The first-order chi connectivity index (χ1) is 12.1. The van der Waals surface area contributed by atoms with E-state index in [1.807, 2.05) is 24.3 Å². The van der Waals surface area contributed by atoms with E-state index in [1.165, 1.54) is 18.0 Å². The summed E-state index contributed by atoms with van der Waals surface area (Å²) in [6.45, 7) is 4.22. The van der Waals surface area contributed by atoms with Gasteiger partial charge in [0.05, 0.1) is 11.9 Å². The van der Waals surface area contributed by atoms with Crippen molar-refractivity contribution in [1.82, 2.24) is 20.3 Å². The standard InChI is InChI=1S/C18H19N5O2/c1-3-12-4-6-13(7-5-12)10-21-17(24)15-16(19)23-14(11(2)22-15)18-20-8-9-25-18/h4-9H,3,10H2,1-2H3,(H2,19,23)(H,21,24). The number of aromatic nitrogens is 3. The summed E-state index contributed by atoms with van der Waals surface area (Å²) in [6.07, 6.45) is 3.93. The van der Waals surface area contributed by atoms with E-state index in [0.29, 0.717) is 23.8 Å². The van der Waals surface area contributed by atoms with Gasteiger partial charge < -0.3 is 15.5 Å². The van der Waals surface area contributed by atoms with Gasteiger partial charge in [0, 0.05) is 6.54 Å². The molecule has 128 valence electrons. The summed E-state index contributed by atoms with van der Waals surface area (Å²) in [5.41, 5.74) is 9.20. The molecule has 25 heavy (non-hydrogen) atoms. The first kappa shape index (κ1) is 16.6. The number of nitrogens with two attached hydrogens (primary N) is 1. The molecular formula is C18H19N5O2. The lowest BCUT2D eigenvalue weighted by Gasteiger charge is -2.09. The van der Waals surface area contributed by atoms with Crippen molar-refractivity contribution in [3.8, 4) is 11.6 Å². The third kappa shape index (κ3) is 3.65. The van der Waals surface area contributed by atoms with Crippen LogP contribution in [0.2, 0.25) is 0 Å². The van der Waals surface area contributed by atoms with E-state index < -0.39 is 0 Å². The monoisotopic (exact) mass is 337 g/mol. The summed E-state index contributed by atoms with van der Waals surface area (Å²) in [5, 5.41) is 2.81. The van der Waals surface area contributed by atoms with E-state index in [1.54, 1.807) is 6.92 Å². The molecule has 0 aliphatic carbocycles. The molecule has 0 saturated heterocycles. The minimum Gasteiger partial charge on any atom is -0.443 e. The molecule has 3 rings (SSSR count). The number of rotatable bonds is 5. The van der Waals surface area contributed by atoms with Gasteiger partial charge in [0.15, 0.2) is 11.5 Å². The van der Waals surface area contributed by atoms with Crippen molar-refractivity contribution in [3.63, 3.8) is 0 Å². The van der Waals surface area contributed by atoms with E-state index >= 15 is 0 Å². The molecule has 0 radical (unpaired) electrons. The largest absolute Gasteiger partial charge is 0.443 e. The molecule has 0 fully saturated rings. The molecule has 7 heteroatoms. The Balaban J connectivity index is 1.74. The molecule has 1 aromatic carbocycles. The van der Waals surface area contributed by atoms with Crippen LogP contribution in [0.3, 0.4) is 0 Å². The van der Waals surface area contributed by atoms with Crippen LogP contribution in [-0.2, 0) is 13.0 Å². The second kappa shape index (κ2) is 7.12. The smallest absolute Gasteiger partial charge is 0.273 e. The number of benzene rings is 1. The van der Waals surface area contributed by atoms with Crippen molar-refractivity contribution < 1.29 is 9.21 Å². The number of anilines is 1. The lowest BCUT2D eigenvalue weighted by atomic mass is 10.1. The van der Waals surface area contributed by atoms with E-state index in [2.05, 4.69) is 27.2 Å². The molecule has 0 spiro atoms. The van der Waals surface area contributed by atoms with Crippen molar-refractivity contribution in [1.29, 1.82) is 0 Å². The molecular weight excluding hydrogens is 318 g/mol. The number of hydrogen-bond acceptors (Lipinski definition) is 6. The Labute approximate surface area is 145 Å². The van der Waals surface area contributed by atoms with Crippen molar-refractivity contribution in [2.45, 2.75) is 26.8 Å². The summed E-state index contributed by atoms with van der Waals surface area (Å²) >= 11 is 0. The maximum Gasteiger partial charge on any atom is 0.273 e. The van der Waals surface area contributed by atoms with E-state index in [-0.39, 0.29) is 17.4 Å². The summed E-state index contributed by atoms with van der Waals surface area (Å²) in [7, 11) is 0. The molecule has 0 bridgehead atoms. The zero-order valence-electron chi connectivity index (χ0n) is 14.1. The van der Waals surface area contributed by atoms with E-state index in [0.717, 1.165) is 12.0 Å². The molecule has 0 saturated carbocycles. The van der Waals surface area contributed by atoms with Crippen molar-refractivity contribution in [2.24, 2.45) is 0 Å². The molecule has 0 aliphatic heterocycles. The number of oxazole rings is 1. The minimum atomic E-state index is -0.369. The van der Waals surface area contributed by atoms with Gasteiger partial charge in [-0.3, -0.25) is 4.79 Å². The highest BCUT2D eigenvalue weighted by molar-refractivity contribution is 5.96. The molecule has 3 N–H and O–H groups in total. The van der Waals surface area contributed by atoms with Gasteiger partial charge in [-0.2, -0.15) is 0 Å². The summed E-state index contributed by atoms with van der Waals surface area (Å²) < 4.78 is 5.21. The quantitative estimate of drug-likeness (QED) is 0.741. The van der Waals surface area contributed by atoms with Crippen molar-refractivity contribution >= 4 is 11.7 Å². The summed E-state index contributed by atoms with van der Waals surface area (Å²) in [4.78, 5) is 24.9. The second-order valence-electron chi connectivity index (χ2n) is 5.58.